The maximum atomic E-state index is 13.6. The van der Waals surface area contributed by atoms with E-state index in [4.69, 9.17) is 23.8 Å². The van der Waals surface area contributed by atoms with Crippen LogP contribution in [0, 0.1) is 6.92 Å². The monoisotopic (exact) mass is 583 g/mol. The Kier molecular flexibility index (Phi) is 9.79. The van der Waals surface area contributed by atoms with Crippen molar-refractivity contribution in [1.29, 1.82) is 0 Å². The van der Waals surface area contributed by atoms with Crippen LogP contribution in [0.25, 0.3) is 10.4 Å². The molecule has 0 saturated carbocycles. The largest absolute Gasteiger partial charge is 0.475 e. The lowest BCUT2D eigenvalue weighted by Gasteiger charge is -2.21. The molecule has 0 aliphatic carbocycles. The van der Waals surface area contributed by atoms with Gasteiger partial charge in [0, 0.05) is 34.2 Å². The van der Waals surface area contributed by atoms with Crippen LogP contribution in [0.2, 0.25) is 0 Å². The van der Waals surface area contributed by atoms with Gasteiger partial charge >= 0.3 is 13.5 Å². The van der Waals surface area contributed by atoms with Crippen LogP contribution in [-0.4, -0.2) is 53.1 Å². The Balaban J connectivity index is 1.49. The number of ketones is 2. The second kappa shape index (κ2) is 13.5. The Labute approximate surface area is 233 Å². The molecule has 2 heterocycles. The maximum Gasteiger partial charge on any atom is 0.475 e. The lowest BCUT2D eigenvalue weighted by Crippen LogP contribution is -2.33. The molecule has 0 spiro atoms. The number of Topliss-reactive ketones (excluding diaryl/α,β-unsaturated/α-hetero) is 2. The molecule has 1 N–H and O–H groups in total. The minimum atomic E-state index is -4.55. The SMILES string of the molecule is Cc1cn(C2CC(N=[N+]=[N-])C(COP(=O)(OCC(=O)c3ccccc3)OCC(=O)c3ccccc3)O2)c(=O)[nH]c1=O. The molecular weight excluding hydrogens is 557 g/mol. The zero-order valence-electron chi connectivity index (χ0n) is 21.8. The van der Waals surface area contributed by atoms with E-state index in [-0.39, 0.29) is 12.0 Å². The van der Waals surface area contributed by atoms with Gasteiger partial charge in [-0.15, -0.1) is 0 Å². The fourth-order valence-electron chi connectivity index (χ4n) is 3.99. The molecule has 3 aromatic rings. The Morgan fingerprint density at radius 3 is 2.12 bits per heavy atom. The molecule has 1 fully saturated rings. The van der Waals surface area contributed by atoms with Crippen LogP contribution in [0.3, 0.4) is 0 Å². The standard InChI is InChI=1S/C26H26N5O9P/c1-17-13-31(26(35)28-25(17)34)24-12-20(29-30-27)23(40-24)16-39-41(36,37-14-21(32)18-8-4-2-5-9-18)38-15-22(33)19-10-6-3-7-11-19/h2-11,13,20,23-24H,12,14-16H2,1H3,(H,28,34,35). The quantitative estimate of drug-likeness (QED) is 0.103. The predicted octanol–water partition coefficient (Wildman–Crippen LogP) is 3.74. The number of hydrogen-bond donors (Lipinski definition) is 1. The first-order valence-corrected chi connectivity index (χ1v) is 13.9. The highest BCUT2D eigenvalue weighted by Crippen LogP contribution is 2.50. The molecule has 0 bridgehead atoms. The zero-order chi connectivity index (χ0) is 29.4. The van der Waals surface area contributed by atoms with E-state index in [1.165, 1.54) is 13.1 Å². The van der Waals surface area contributed by atoms with Crippen molar-refractivity contribution >= 4 is 19.4 Å². The smallest absolute Gasteiger partial charge is 0.352 e. The van der Waals surface area contributed by atoms with Crippen molar-refractivity contribution in [3.8, 4) is 0 Å². The Hall–Kier alpha value is -4.16. The predicted molar refractivity (Wildman–Crippen MR) is 145 cm³/mol. The summed E-state index contributed by atoms with van der Waals surface area (Å²) in [6.07, 6.45) is -0.619. The third kappa shape index (κ3) is 7.74. The van der Waals surface area contributed by atoms with Crippen LogP contribution < -0.4 is 11.2 Å². The summed E-state index contributed by atoms with van der Waals surface area (Å²) in [5.41, 5.74) is 8.60. The fourth-order valence-corrected chi connectivity index (χ4v) is 5.09. The number of azide groups is 1. The van der Waals surface area contributed by atoms with Crippen molar-refractivity contribution in [3.63, 3.8) is 0 Å². The molecule has 1 aromatic heterocycles. The molecule has 14 nitrogen and oxygen atoms in total. The van der Waals surface area contributed by atoms with Crippen molar-refractivity contribution in [1.82, 2.24) is 9.55 Å². The maximum absolute atomic E-state index is 13.6. The molecule has 2 aromatic carbocycles. The summed E-state index contributed by atoms with van der Waals surface area (Å²) in [7, 11) is -4.55. The van der Waals surface area contributed by atoms with Gasteiger partial charge in [0.15, 0.2) is 11.6 Å². The van der Waals surface area contributed by atoms with Crippen LogP contribution in [0.5, 0.6) is 0 Å². The number of carbonyl (C=O) groups excluding carboxylic acids is 2. The third-order valence-corrected chi connectivity index (χ3v) is 7.51. The summed E-state index contributed by atoms with van der Waals surface area (Å²) in [5.74, 6) is -1.02. The minimum Gasteiger partial charge on any atom is -0.352 e. The van der Waals surface area contributed by atoms with Crippen LogP contribution in [-0.2, 0) is 22.9 Å². The van der Waals surface area contributed by atoms with E-state index in [1.54, 1.807) is 60.7 Å². The van der Waals surface area contributed by atoms with E-state index in [1.807, 2.05) is 0 Å². The molecule has 41 heavy (non-hydrogen) atoms. The van der Waals surface area contributed by atoms with Gasteiger partial charge in [-0.2, -0.15) is 0 Å². The summed E-state index contributed by atoms with van der Waals surface area (Å²) >= 11 is 0. The van der Waals surface area contributed by atoms with E-state index in [2.05, 4.69) is 15.0 Å². The minimum absolute atomic E-state index is 0.0362. The summed E-state index contributed by atoms with van der Waals surface area (Å²) in [5, 5.41) is 3.69. The number of ether oxygens (including phenoxy) is 1. The zero-order valence-corrected chi connectivity index (χ0v) is 22.7. The van der Waals surface area contributed by atoms with Gasteiger partial charge in [0.2, 0.25) is 0 Å². The fraction of sp³-hybridized carbons (Fsp3) is 0.308. The van der Waals surface area contributed by atoms with Gasteiger partial charge in [-0.05, 0) is 12.5 Å². The number of rotatable bonds is 13. The van der Waals surface area contributed by atoms with Gasteiger partial charge in [0.05, 0.1) is 18.8 Å². The molecule has 3 unspecified atom stereocenters. The number of carbonyl (C=O) groups is 2. The normalized spacial score (nSPS) is 18.5. The first kappa shape index (κ1) is 29.8. The Morgan fingerprint density at radius 2 is 1.59 bits per heavy atom. The molecular formula is C26H26N5O9P. The van der Waals surface area contributed by atoms with Gasteiger partial charge in [0.1, 0.15) is 19.4 Å². The van der Waals surface area contributed by atoms with E-state index >= 15 is 0 Å². The lowest BCUT2D eigenvalue weighted by molar-refractivity contribution is -0.0298. The number of phosphoric acid groups is 1. The molecule has 1 saturated heterocycles. The molecule has 0 radical (unpaired) electrons. The molecule has 214 valence electrons. The van der Waals surface area contributed by atoms with Gasteiger partial charge in [-0.1, -0.05) is 65.8 Å². The third-order valence-electron chi connectivity index (χ3n) is 6.16. The molecule has 4 rings (SSSR count). The molecule has 1 aliphatic heterocycles. The topological polar surface area (TPSA) is 192 Å². The van der Waals surface area contributed by atoms with Crippen molar-refractivity contribution in [2.75, 3.05) is 19.8 Å². The lowest BCUT2D eigenvalue weighted by atomic mass is 10.1. The number of aromatic amines is 1. The highest BCUT2D eigenvalue weighted by Gasteiger charge is 2.39. The number of nitrogens with zero attached hydrogens (tertiary/aromatic N) is 4. The van der Waals surface area contributed by atoms with Crippen molar-refractivity contribution in [3.05, 3.63) is 115 Å². The van der Waals surface area contributed by atoms with Crippen LogP contribution in [0.4, 0.5) is 0 Å². The summed E-state index contributed by atoms with van der Waals surface area (Å²) < 4.78 is 36.6. The average Bonchev–Trinajstić information content (AvgIpc) is 3.39. The highest BCUT2D eigenvalue weighted by atomic mass is 31.2. The Bertz CT molecular complexity index is 1540. The first-order chi connectivity index (χ1) is 19.7. The number of phosphoric ester groups is 1. The number of benzene rings is 2. The van der Waals surface area contributed by atoms with Gasteiger partial charge < -0.3 is 4.74 Å². The number of aryl methyl sites for hydroxylation is 1. The van der Waals surface area contributed by atoms with E-state index in [9.17, 15) is 23.7 Å². The van der Waals surface area contributed by atoms with E-state index in [0.717, 1.165) is 4.57 Å². The van der Waals surface area contributed by atoms with Crippen molar-refractivity contribution < 1.29 is 32.5 Å². The molecule has 1 aliphatic rings. The van der Waals surface area contributed by atoms with Gasteiger partial charge in [-0.3, -0.25) is 37.5 Å². The summed E-state index contributed by atoms with van der Waals surface area (Å²) in [6, 6.07) is 15.4. The van der Waals surface area contributed by atoms with E-state index < -0.39 is 68.8 Å². The van der Waals surface area contributed by atoms with Gasteiger partial charge in [-0.25, -0.2) is 9.36 Å². The van der Waals surface area contributed by atoms with Gasteiger partial charge in [0.25, 0.3) is 5.56 Å². The first-order valence-electron chi connectivity index (χ1n) is 12.4. The second-order valence-electron chi connectivity index (χ2n) is 8.98. The van der Waals surface area contributed by atoms with Crippen molar-refractivity contribution in [2.24, 2.45) is 5.11 Å². The van der Waals surface area contributed by atoms with E-state index in [0.29, 0.717) is 11.1 Å². The second-order valence-corrected chi connectivity index (χ2v) is 10.7. The Morgan fingerprint density at radius 1 is 1.02 bits per heavy atom. The van der Waals surface area contributed by atoms with Crippen LogP contribution in [0.1, 0.15) is 38.9 Å². The van der Waals surface area contributed by atoms with Crippen LogP contribution >= 0.6 is 7.82 Å². The number of H-pyrrole nitrogens is 1. The highest BCUT2D eigenvalue weighted by molar-refractivity contribution is 7.48. The van der Waals surface area contributed by atoms with Crippen molar-refractivity contribution in [2.45, 2.75) is 31.7 Å². The molecule has 3 atom stereocenters. The van der Waals surface area contributed by atoms with Crippen LogP contribution in [0.15, 0.2) is 81.6 Å². The average molecular weight is 583 g/mol. The molecule has 0 amide bonds. The molecule has 15 heteroatoms. The number of hydrogen-bond acceptors (Lipinski definition) is 10. The number of aromatic nitrogens is 2. The summed E-state index contributed by atoms with van der Waals surface area (Å²) in [6.45, 7) is -0.358. The summed E-state index contributed by atoms with van der Waals surface area (Å²) in [4.78, 5) is 54.2. The number of nitrogens with one attached hydrogen (secondary N) is 1.